The van der Waals surface area contributed by atoms with E-state index in [9.17, 15) is 0 Å². The smallest absolute Gasteiger partial charge is 0.0491 e. The quantitative estimate of drug-likeness (QED) is 0.415. The number of aryl methyl sites for hydroxylation is 1. The largest absolute Gasteiger partial charge is 0.340 e. The summed E-state index contributed by atoms with van der Waals surface area (Å²) in [5.41, 5.74) is 4.26. The first-order valence-electron chi connectivity index (χ1n) is 10.6. The topological polar surface area (TPSA) is 8.17 Å². The minimum Gasteiger partial charge on any atom is -0.340 e. The number of hydrogen-bond donors (Lipinski definition) is 0. The van der Waals surface area contributed by atoms with E-state index in [1.807, 2.05) is 0 Å². The van der Waals surface area contributed by atoms with E-state index in [2.05, 4.69) is 88.3 Å². The molecule has 1 fully saturated rings. The van der Waals surface area contributed by atoms with Crippen LogP contribution in [0.2, 0.25) is 0 Å². The monoisotopic (exact) mass is 368 g/mol. The Morgan fingerprint density at radius 3 is 1.86 bits per heavy atom. The fraction of sp³-hybridized carbons (Fsp3) is 0.308. The third-order valence-electron chi connectivity index (χ3n) is 6.39. The number of likely N-dealkylation sites (tertiary alicyclic amines) is 1. The van der Waals surface area contributed by atoms with Crippen LogP contribution in [0.4, 0.5) is 0 Å². The van der Waals surface area contributed by atoms with E-state index in [-0.39, 0.29) is 0 Å². The van der Waals surface area contributed by atoms with Crippen LogP contribution in [0.15, 0.2) is 78.9 Å². The molecule has 3 aromatic carbocycles. The van der Waals surface area contributed by atoms with Gasteiger partial charge in [0, 0.05) is 28.4 Å². The van der Waals surface area contributed by atoms with Gasteiger partial charge in [0.1, 0.15) is 0 Å². The maximum Gasteiger partial charge on any atom is 0.0491 e. The second-order valence-corrected chi connectivity index (χ2v) is 8.07. The molecule has 4 aromatic rings. The normalized spacial score (nSPS) is 16.1. The van der Waals surface area contributed by atoms with Crippen LogP contribution in [0.3, 0.4) is 0 Å². The number of para-hydroxylation sites is 2. The number of nitrogens with zero attached hydrogens (tertiary/aromatic N) is 2. The Balaban J connectivity index is 1.23. The number of fused-ring (bicyclic) bond motifs is 3. The molecule has 142 valence electrons. The van der Waals surface area contributed by atoms with E-state index < -0.39 is 0 Å². The van der Waals surface area contributed by atoms with Crippen molar-refractivity contribution in [2.24, 2.45) is 0 Å². The molecule has 2 heterocycles. The molecular formula is C26H28N2. The molecule has 0 saturated carbocycles. The molecule has 28 heavy (non-hydrogen) atoms. The highest BCUT2D eigenvalue weighted by atomic mass is 15.1. The fourth-order valence-electron chi connectivity index (χ4n) is 4.91. The van der Waals surface area contributed by atoms with E-state index in [0.717, 1.165) is 12.5 Å². The van der Waals surface area contributed by atoms with Crippen molar-refractivity contribution in [3.63, 3.8) is 0 Å². The Labute approximate surface area is 167 Å². The Kier molecular flexibility index (Phi) is 4.88. The lowest BCUT2D eigenvalue weighted by Gasteiger charge is -2.32. The van der Waals surface area contributed by atoms with Gasteiger partial charge in [-0.25, -0.2) is 0 Å². The van der Waals surface area contributed by atoms with Crippen LogP contribution >= 0.6 is 0 Å². The molecule has 0 N–H and O–H groups in total. The number of piperidine rings is 1. The van der Waals surface area contributed by atoms with Gasteiger partial charge < -0.3 is 9.47 Å². The summed E-state index contributed by atoms with van der Waals surface area (Å²) in [6.07, 6.45) is 3.79. The van der Waals surface area contributed by atoms with Crippen molar-refractivity contribution < 1.29 is 0 Å². The van der Waals surface area contributed by atoms with E-state index in [4.69, 9.17) is 0 Å². The van der Waals surface area contributed by atoms with Gasteiger partial charge in [-0.3, -0.25) is 0 Å². The predicted octanol–water partition coefficient (Wildman–Crippen LogP) is 6.06. The summed E-state index contributed by atoms with van der Waals surface area (Å²) in [6.45, 7) is 4.74. The number of aromatic nitrogens is 1. The molecule has 2 heteroatoms. The van der Waals surface area contributed by atoms with Gasteiger partial charge in [0.15, 0.2) is 0 Å². The molecule has 1 aliphatic heterocycles. The number of benzene rings is 3. The van der Waals surface area contributed by atoms with Gasteiger partial charge in [-0.1, -0.05) is 66.7 Å². The Morgan fingerprint density at radius 1 is 0.643 bits per heavy atom. The number of rotatable bonds is 5. The zero-order valence-electron chi connectivity index (χ0n) is 16.4. The van der Waals surface area contributed by atoms with Crippen LogP contribution in [0, 0.1) is 0 Å². The molecule has 0 atom stereocenters. The van der Waals surface area contributed by atoms with Crippen molar-refractivity contribution in [1.82, 2.24) is 9.47 Å². The van der Waals surface area contributed by atoms with Gasteiger partial charge in [-0.15, -0.1) is 0 Å². The molecule has 0 aliphatic carbocycles. The van der Waals surface area contributed by atoms with E-state index in [1.165, 1.54) is 66.3 Å². The van der Waals surface area contributed by atoms with Crippen molar-refractivity contribution in [2.45, 2.75) is 31.7 Å². The highest BCUT2D eigenvalue weighted by molar-refractivity contribution is 6.07. The first-order valence-corrected chi connectivity index (χ1v) is 10.6. The molecule has 0 spiro atoms. The van der Waals surface area contributed by atoms with E-state index in [1.54, 1.807) is 0 Å². The van der Waals surface area contributed by atoms with E-state index in [0.29, 0.717) is 0 Å². The van der Waals surface area contributed by atoms with Crippen LogP contribution < -0.4 is 0 Å². The number of hydrogen-bond acceptors (Lipinski definition) is 1. The maximum atomic E-state index is 2.66. The molecule has 1 aliphatic rings. The minimum absolute atomic E-state index is 0.745. The lowest BCUT2D eigenvalue weighted by atomic mass is 9.89. The summed E-state index contributed by atoms with van der Waals surface area (Å²) in [4.78, 5) is 2.66. The van der Waals surface area contributed by atoms with E-state index >= 15 is 0 Å². The van der Waals surface area contributed by atoms with Gasteiger partial charge in [-0.2, -0.15) is 0 Å². The summed E-state index contributed by atoms with van der Waals surface area (Å²) in [7, 11) is 0. The molecule has 1 saturated heterocycles. The summed E-state index contributed by atoms with van der Waals surface area (Å²) >= 11 is 0. The lowest BCUT2D eigenvalue weighted by molar-refractivity contribution is 0.207. The molecule has 0 bridgehead atoms. The van der Waals surface area contributed by atoms with Crippen molar-refractivity contribution in [1.29, 1.82) is 0 Å². The molecule has 5 rings (SSSR count). The second-order valence-electron chi connectivity index (χ2n) is 8.07. The van der Waals surface area contributed by atoms with Gasteiger partial charge in [0.2, 0.25) is 0 Å². The van der Waals surface area contributed by atoms with Gasteiger partial charge in [0.25, 0.3) is 0 Å². The standard InChI is InChI=1S/C26H28N2/c1-2-9-21(10-3-1)22-15-19-27(20-16-22)17-8-18-28-25-13-6-4-11-23(25)24-12-5-7-14-26(24)28/h1-7,9-14,22H,8,15-20H2. The van der Waals surface area contributed by atoms with Crippen molar-refractivity contribution in [3.05, 3.63) is 84.4 Å². The first-order chi connectivity index (χ1) is 13.9. The average Bonchev–Trinajstić information content (AvgIpc) is 3.09. The zero-order chi connectivity index (χ0) is 18.8. The highest BCUT2D eigenvalue weighted by Crippen LogP contribution is 2.30. The zero-order valence-corrected chi connectivity index (χ0v) is 16.4. The SMILES string of the molecule is c1ccc(C2CCN(CCCn3c4ccccc4c4ccccc43)CC2)cc1. The van der Waals surface area contributed by atoms with Gasteiger partial charge in [-0.05, 0) is 62.5 Å². The summed E-state index contributed by atoms with van der Waals surface area (Å²) in [5, 5.41) is 2.75. The molecule has 2 nitrogen and oxygen atoms in total. The Bertz CT molecular complexity index is 1000. The second kappa shape index (κ2) is 7.81. The molecule has 0 amide bonds. The fourth-order valence-corrected chi connectivity index (χ4v) is 4.91. The van der Waals surface area contributed by atoms with Gasteiger partial charge in [0.05, 0.1) is 0 Å². The molecule has 0 radical (unpaired) electrons. The van der Waals surface area contributed by atoms with Crippen LogP contribution in [0.1, 0.15) is 30.7 Å². The lowest BCUT2D eigenvalue weighted by Crippen LogP contribution is -2.34. The summed E-state index contributed by atoms with van der Waals surface area (Å²) in [5.74, 6) is 0.745. The molecule has 1 aromatic heterocycles. The van der Waals surface area contributed by atoms with Crippen LogP contribution in [0.5, 0.6) is 0 Å². The van der Waals surface area contributed by atoms with Crippen LogP contribution in [0.25, 0.3) is 21.8 Å². The van der Waals surface area contributed by atoms with Crippen molar-refractivity contribution in [3.8, 4) is 0 Å². The average molecular weight is 369 g/mol. The first kappa shape index (κ1) is 17.5. The summed E-state index contributed by atoms with van der Waals surface area (Å²) in [6, 6.07) is 28.7. The highest BCUT2D eigenvalue weighted by Gasteiger charge is 2.20. The Morgan fingerprint density at radius 2 is 1.21 bits per heavy atom. The third kappa shape index (κ3) is 3.33. The third-order valence-corrected chi connectivity index (χ3v) is 6.39. The maximum absolute atomic E-state index is 2.66. The predicted molar refractivity (Wildman–Crippen MR) is 119 cm³/mol. The van der Waals surface area contributed by atoms with Crippen LogP contribution in [-0.2, 0) is 6.54 Å². The van der Waals surface area contributed by atoms with Crippen molar-refractivity contribution >= 4 is 21.8 Å². The van der Waals surface area contributed by atoms with Gasteiger partial charge >= 0.3 is 0 Å². The summed E-state index contributed by atoms with van der Waals surface area (Å²) < 4.78 is 2.52. The Hall–Kier alpha value is -2.58. The van der Waals surface area contributed by atoms with Crippen molar-refractivity contribution in [2.75, 3.05) is 19.6 Å². The van der Waals surface area contributed by atoms with Crippen LogP contribution in [-0.4, -0.2) is 29.1 Å². The molecular weight excluding hydrogens is 340 g/mol. The molecule has 0 unspecified atom stereocenters. The minimum atomic E-state index is 0.745.